The number of hydrogen-bond acceptors (Lipinski definition) is 1. The van der Waals surface area contributed by atoms with Crippen LogP contribution in [0.1, 0.15) is 36.0 Å². The molecule has 0 radical (unpaired) electrons. The van der Waals surface area contributed by atoms with E-state index in [0.29, 0.717) is 0 Å². The number of hydrogen-bond donors (Lipinski definition) is 0. The monoisotopic (exact) mass is 304 g/mol. The zero-order valence-corrected chi connectivity index (χ0v) is 13.5. The molecule has 0 aliphatic carbocycles. The molecule has 0 amide bonds. The average molecular weight is 304 g/mol. The van der Waals surface area contributed by atoms with Crippen molar-refractivity contribution >= 4 is 5.57 Å². The molecule has 0 unspecified atom stereocenters. The second-order valence-electron chi connectivity index (χ2n) is 6.88. The van der Waals surface area contributed by atoms with E-state index in [-0.39, 0.29) is 0 Å². The first-order chi connectivity index (χ1) is 11.4. The van der Waals surface area contributed by atoms with Crippen LogP contribution in [-0.4, -0.2) is 19.7 Å². The van der Waals surface area contributed by atoms with Crippen LogP contribution < -0.4 is 19.9 Å². The van der Waals surface area contributed by atoms with Gasteiger partial charge < -0.3 is 4.74 Å². The standard InChI is InChI=1S/C21H22NO/c1-2-6-15(7-3-1)17-10-13-23-21-18-8-4-5-11-22-12-9-16(20(18)22)14-19(17)21/h1-3,6-7,14H,4-5,8-13H2/q+1. The van der Waals surface area contributed by atoms with E-state index in [0.717, 1.165) is 13.0 Å². The minimum atomic E-state index is 0.809. The lowest BCUT2D eigenvalue weighted by Gasteiger charge is -2.20. The van der Waals surface area contributed by atoms with E-state index in [1.54, 1.807) is 5.56 Å². The Morgan fingerprint density at radius 3 is 2.74 bits per heavy atom. The van der Waals surface area contributed by atoms with E-state index in [4.69, 9.17) is 4.74 Å². The fraction of sp³-hybridized carbons (Fsp3) is 0.381. The SMILES string of the molecule is c1ccc(C2=c3cc4c5c(c3OCC2)CCCC[N+]=5CC4)cc1. The van der Waals surface area contributed by atoms with Crippen LogP contribution in [0.4, 0.5) is 0 Å². The summed E-state index contributed by atoms with van der Waals surface area (Å²) >= 11 is 0. The van der Waals surface area contributed by atoms with Crippen molar-refractivity contribution in [3.05, 3.63) is 63.7 Å². The van der Waals surface area contributed by atoms with Crippen molar-refractivity contribution in [3.63, 3.8) is 0 Å². The first-order valence-electron chi connectivity index (χ1n) is 8.90. The van der Waals surface area contributed by atoms with Gasteiger partial charge in [-0.05, 0) is 30.0 Å². The van der Waals surface area contributed by atoms with Crippen molar-refractivity contribution < 1.29 is 4.74 Å². The smallest absolute Gasteiger partial charge is 0.210 e. The highest BCUT2D eigenvalue weighted by Gasteiger charge is 2.29. The van der Waals surface area contributed by atoms with Crippen LogP contribution in [0.2, 0.25) is 0 Å². The summed E-state index contributed by atoms with van der Waals surface area (Å²) in [6.45, 7) is 3.21. The molecule has 0 aromatic heterocycles. The predicted octanol–water partition coefficient (Wildman–Crippen LogP) is 2.05. The van der Waals surface area contributed by atoms with Gasteiger partial charge in [-0.25, -0.2) is 4.58 Å². The third-order valence-electron chi connectivity index (χ3n) is 5.55. The van der Waals surface area contributed by atoms with Gasteiger partial charge in [0, 0.05) is 30.0 Å². The zero-order valence-electron chi connectivity index (χ0n) is 13.5. The van der Waals surface area contributed by atoms with Crippen molar-refractivity contribution in [1.82, 2.24) is 4.58 Å². The Kier molecular flexibility index (Phi) is 3.04. The van der Waals surface area contributed by atoms with Crippen molar-refractivity contribution in [2.45, 2.75) is 32.1 Å². The molecular weight excluding hydrogens is 282 g/mol. The molecule has 0 fully saturated rings. The van der Waals surface area contributed by atoms with E-state index in [2.05, 4.69) is 41.0 Å². The lowest BCUT2D eigenvalue weighted by molar-refractivity contribution is 0.312. The fourth-order valence-corrected chi connectivity index (χ4v) is 4.50. The highest BCUT2D eigenvalue weighted by Crippen LogP contribution is 2.25. The number of benzene rings is 2. The normalized spacial score (nSPS) is 19.0. The third-order valence-corrected chi connectivity index (χ3v) is 5.55. The Hall–Kier alpha value is -2.09. The molecule has 2 nitrogen and oxygen atoms in total. The molecule has 0 atom stereocenters. The van der Waals surface area contributed by atoms with Crippen molar-refractivity contribution in [1.29, 1.82) is 0 Å². The van der Waals surface area contributed by atoms with Crippen molar-refractivity contribution in [2.24, 2.45) is 0 Å². The molecule has 0 bridgehead atoms. The molecule has 0 saturated heterocycles. The summed E-state index contributed by atoms with van der Waals surface area (Å²) in [4.78, 5) is 0. The maximum absolute atomic E-state index is 6.21. The van der Waals surface area contributed by atoms with E-state index in [9.17, 15) is 0 Å². The van der Waals surface area contributed by atoms with E-state index >= 15 is 0 Å². The Morgan fingerprint density at radius 1 is 0.913 bits per heavy atom. The number of fused-ring (bicyclic) bond motifs is 2. The zero-order chi connectivity index (χ0) is 15.2. The molecule has 2 aromatic carbocycles. The van der Waals surface area contributed by atoms with Crippen LogP contribution in [-0.2, 0) is 12.8 Å². The summed E-state index contributed by atoms with van der Waals surface area (Å²) in [6.07, 6.45) is 5.96. The summed E-state index contributed by atoms with van der Waals surface area (Å²) in [5.41, 5.74) is 5.85. The molecule has 2 aromatic rings. The first kappa shape index (κ1) is 13.4. The second kappa shape index (κ2) is 5.23. The number of rotatable bonds is 1. The average Bonchev–Trinajstić information content (AvgIpc) is 2.88. The lowest BCUT2D eigenvalue weighted by Crippen LogP contribution is -2.32. The third kappa shape index (κ3) is 2.04. The molecule has 0 N–H and O–H groups in total. The molecule has 0 saturated carbocycles. The lowest BCUT2D eigenvalue weighted by atomic mass is 9.93. The maximum atomic E-state index is 6.21. The minimum Gasteiger partial charge on any atom is -0.492 e. The molecule has 3 heterocycles. The highest BCUT2D eigenvalue weighted by molar-refractivity contribution is 5.69. The number of nitrogens with zero attached hydrogens (tertiary/aromatic N) is 1. The van der Waals surface area contributed by atoms with Crippen molar-refractivity contribution in [2.75, 3.05) is 19.7 Å². The Morgan fingerprint density at radius 2 is 1.83 bits per heavy atom. The quantitative estimate of drug-likeness (QED) is 0.735. The van der Waals surface area contributed by atoms with E-state index < -0.39 is 0 Å². The van der Waals surface area contributed by atoms with Crippen LogP contribution in [0, 0.1) is 0 Å². The second-order valence-corrected chi connectivity index (χ2v) is 6.88. The van der Waals surface area contributed by atoms with Crippen LogP contribution in [0.15, 0.2) is 36.4 Å². The van der Waals surface area contributed by atoms with Gasteiger partial charge >= 0.3 is 0 Å². The summed E-state index contributed by atoms with van der Waals surface area (Å²) < 4.78 is 8.81. The highest BCUT2D eigenvalue weighted by atomic mass is 16.5. The molecule has 0 spiro atoms. The Labute approximate surface area is 136 Å². The topological polar surface area (TPSA) is 12.2 Å². The Bertz CT molecular complexity index is 896. The molecule has 23 heavy (non-hydrogen) atoms. The molecular formula is C21H22NO+. The summed E-state index contributed by atoms with van der Waals surface area (Å²) in [7, 11) is 0. The minimum absolute atomic E-state index is 0.809. The molecule has 2 heteroatoms. The van der Waals surface area contributed by atoms with E-state index in [1.165, 1.54) is 71.8 Å². The molecule has 5 rings (SSSR count). The summed E-state index contributed by atoms with van der Waals surface area (Å²) in [5, 5.41) is 2.87. The van der Waals surface area contributed by atoms with Gasteiger partial charge in [0.05, 0.1) is 12.2 Å². The van der Waals surface area contributed by atoms with Gasteiger partial charge in [-0.15, -0.1) is 0 Å². The summed E-state index contributed by atoms with van der Waals surface area (Å²) in [6, 6.07) is 13.3. The molecule has 3 aliphatic rings. The van der Waals surface area contributed by atoms with Crippen LogP contribution in [0.25, 0.3) is 5.57 Å². The van der Waals surface area contributed by atoms with Gasteiger partial charge in [0.2, 0.25) is 5.36 Å². The predicted molar refractivity (Wildman–Crippen MR) is 92.4 cm³/mol. The Balaban J connectivity index is 1.87. The molecule has 116 valence electrons. The van der Waals surface area contributed by atoms with Crippen LogP contribution in [0.5, 0.6) is 5.75 Å². The largest absolute Gasteiger partial charge is 0.492 e. The fourth-order valence-electron chi connectivity index (χ4n) is 4.50. The van der Waals surface area contributed by atoms with Gasteiger partial charge in [0.15, 0.2) is 0 Å². The van der Waals surface area contributed by atoms with Gasteiger partial charge in [0.25, 0.3) is 0 Å². The van der Waals surface area contributed by atoms with Crippen molar-refractivity contribution in [3.8, 4) is 5.75 Å². The van der Waals surface area contributed by atoms with Crippen LogP contribution >= 0.6 is 0 Å². The van der Waals surface area contributed by atoms with Crippen LogP contribution in [0.3, 0.4) is 0 Å². The molecule has 3 aliphatic heterocycles. The number of ether oxygens (including phenoxy) is 1. The van der Waals surface area contributed by atoms with Gasteiger partial charge in [-0.1, -0.05) is 30.3 Å². The van der Waals surface area contributed by atoms with Gasteiger partial charge in [-0.2, -0.15) is 0 Å². The maximum Gasteiger partial charge on any atom is 0.210 e. The van der Waals surface area contributed by atoms with Gasteiger partial charge in [0.1, 0.15) is 18.8 Å². The first-order valence-corrected chi connectivity index (χ1v) is 8.90. The van der Waals surface area contributed by atoms with Gasteiger partial charge in [-0.3, -0.25) is 0 Å². The van der Waals surface area contributed by atoms with E-state index in [1.807, 2.05) is 0 Å². The summed E-state index contributed by atoms with van der Waals surface area (Å²) in [5.74, 6) is 1.18.